The van der Waals surface area contributed by atoms with Crippen LogP contribution in [0.3, 0.4) is 0 Å². The first-order valence-electron chi connectivity index (χ1n) is 9.06. The number of methoxy groups -OCH3 is 2. The van der Waals surface area contributed by atoms with Crippen molar-refractivity contribution in [1.82, 2.24) is 0 Å². The zero-order valence-corrected chi connectivity index (χ0v) is 16.6. The maximum Gasteiger partial charge on any atom is 0.340 e. The van der Waals surface area contributed by atoms with E-state index in [4.69, 9.17) is 9.47 Å². The van der Waals surface area contributed by atoms with Crippen molar-refractivity contribution in [2.75, 3.05) is 31.0 Å². The predicted octanol–water partition coefficient (Wildman–Crippen LogP) is 2.52. The van der Waals surface area contributed by atoms with Crippen LogP contribution in [0.1, 0.15) is 16.8 Å². The van der Waals surface area contributed by atoms with Gasteiger partial charge in [0.25, 0.3) is 0 Å². The van der Waals surface area contributed by atoms with Crippen molar-refractivity contribution in [1.29, 1.82) is 0 Å². The highest BCUT2D eigenvalue weighted by molar-refractivity contribution is 6.06. The van der Waals surface area contributed by atoms with Crippen LogP contribution in [0.2, 0.25) is 0 Å². The first kappa shape index (κ1) is 21.7. The Labute approximate surface area is 175 Å². The van der Waals surface area contributed by atoms with E-state index >= 15 is 0 Å². The molecule has 1 N–H and O–H groups in total. The number of carbonyl (C=O) groups is 3. The molecule has 2 amide bonds. The second-order valence-corrected chi connectivity index (χ2v) is 6.69. The largest absolute Gasteiger partial charge is 0.497 e. The molecule has 1 atom stereocenters. The van der Waals surface area contributed by atoms with Crippen LogP contribution in [0.5, 0.6) is 5.75 Å². The summed E-state index contributed by atoms with van der Waals surface area (Å²) >= 11 is 0. The Bertz CT molecular complexity index is 1070. The van der Waals surface area contributed by atoms with Gasteiger partial charge >= 0.3 is 11.7 Å². The molecule has 0 bridgehead atoms. The van der Waals surface area contributed by atoms with E-state index in [9.17, 15) is 28.9 Å². The van der Waals surface area contributed by atoms with E-state index in [2.05, 4.69) is 5.32 Å². The average molecular weight is 431 g/mol. The molecule has 0 aliphatic carbocycles. The van der Waals surface area contributed by atoms with Crippen molar-refractivity contribution in [2.24, 2.45) is 5.92 Å². The van der Waals surface area contributed by atoms with Crippen molar-refractivity contribution in [3.8, 4) is 5.75 Å². The molecule has 1 heterocycles. The number of ether oxygens (including phenoxy) is 2. The van der Waals surface area contributed by atoms with Gasteiger partial charge in [0.2, 0.25) is 17.6 Å². The van der Waals surface area contributed by atoms with Crippen molar-refractivity contribution in [3.05, 3.63) is 57.9 Å². The summed E-state index contributed by atoms with van der Waals surface area (Å²) < 4.78 is 23.4. The topological polar surface area (TPSA) is 128 Å². The fourth-order valence-electron chi connectivity index (χ4n) is 3.21. The molecule has 0 aromatic heterocycles. The van der Waals surface area contributed by atoms with E-state index < -0.39 is 40.1 Å². The van der Waals surface area contributed by atoms with Gasteiger partial charge in [0, 0.05) is 19.0 Å². The Hall–Kier alpha value is -4.02. The first-order chi connectivity index (χ1) is 14.7. The molecule has 1 saturated heterocycles. The monoisotopic (exact) mass is 431 g/mol. The smallest absolute Gasteiger partial charge is 0.340 e. The van der Waals surface area contributed by atoms with Crippen molar-refractivity contribution < 1.29 is 33.2 Å². The van der Waals surface area contributed by atoms with Gasteiger partial charge in [-0.05, 0) is 30.3 Å². The van der Waals surface area contributed by atoms with Crippen LogP contribution in [0.4, 0.5) is 21.5 Å². The number of nitrogens with zero attached hydrogens (tertiary/aromatic N) is 2. The van der Waals surface area contributed by atoms with Crippen molar-refractivity contribution in [2.45, 2.75) is 6.42 Å². The molecule has 0 saturated carbocycles. The predicted molar refractivity (Wildman–Crippen MR) is 106 cm³/mol. The van der Waals surface area contributed by atoms with Crippen LogP contribution in [-0.2, 0) is 14.3 Å². The summed E-state index contributed by atoms with van der Waals surface area (Å²) in [6, 6.07) is 7.51. The molecule has 1 aliphatic rings. The number of nitro benzene ring substituents is 1. The van der Waals surface area contributed by atoms with Crippen LogP contribution in [0.25, 0.3) is 0 Å². The fraction of sp³-hybridized carbons (Fsp3) is 0.250. The number of hydrogen-bond donors (Lipinski definition) is 1. The molecule has 1 aliphatic heterocycles. The quantitative estimate of drug-likeness (QED) is 0.423. The zero-order chi connectivity index (χ0) is 22.7. The van der Waals surface area contributed by atoms with Crippen LogP contribution in [0, 0.1) is 21.8 Å². The minimum absolute atomic E-state index is 0.0584. The standard InChI is InChI=1S/C20H18FN3O7/c1-30-13-4-6-16(14(9-13)20(27)31-2)22-19(26)11-7-18(25)23(10-11)12-3-5-15(21)17(8-12)24(28)29/h3-6,8-9,11H,7,10H2,1-2H3,(H,22,26). The second-order valence-electron chi connectivity index (χ2n) is 6.69. The minimum Gasteiger partial charge on any atom is -0.497 e. The maximum atomic E-state index is 13.6. The summed E-state index contributed by atoms with van der Waals surface area (Å²) in [5, 5.41) is 13.6. The SMILES string of the molecule is COC(=O)c1cc(OC)ccc1NC(=O)C1CC(=O)N(c2ccc(F)c([N+](=O)[O-])c2)C1. The molecule has 2 aromatic carbocycles. The van der Waals surface area contributed by atoms with Gasteiger partial charge < -0.3 is 19.7 Å². The van der Waals surface area contributed by atoms with Crippen molar-refractivity contribution >= 4 is 34.8 Å². The molecular formula is C20H18FN3O7. The van der Waals surface area contributed by atoms with E-state index in [-0.39, 0.29) is 29.9 Å². The fourth-order valence-corrected chi connectivity index (χ4v) is 3.21. The number of benzene rings is 2. The first-order valence-corrected chi connectivity index (χ1v) is 9.06. The third-order valence-corrected chi connectivity index (χ3v) is 4.82. The summed E-state index contributed by atoms with van der Waals surface area (Å²) in [6.07, 6.45) is -0.152. The lowest BCUT2D eigenvalue weighted by Crippen LogP contribution is -2.28. The number of esters is 1. The molecule has 10 nitrogen and oxygen atoms in total. The van der Waals surface area contributed by atoms with E-state index in [1.54, 1.807) is 6.07 Å². The van der Waals surface area contributed by atoms with Crippen LogP contribution in [0.15, 0.2) is 36.4 Å². The molecule has 0 spiro atoms. The molecule has 31 heavy (non-hydrogen) atoms. The highest BCUT2D eigenvalue weighted by Crippen LogP contribution is 2.31. The third-order valence-electron chi connectivity index (χ3n) is 4.82. The van der Waals surface area contributed by atoms with E-state index in [1.165, 1.54) is 37.3 Å². The Morgan fingerprint density at radius 2 is 1.97 bits per heavy atom. The Kier molecular flexibility index (Phi) is 6.14. The molecule has 162 valence electrons. The molecular weight excluding hydrogens is 413 g/mol. The molecule has 2 aromatic rings. The number of anilines is 2. The van der Waals surface area contributed by atoms with Gasteiger partial charge in [0.1, 0.15) is 5.75 Å². The van der Waals surface area contributed by atoms with Gasteiger partial charge in [-0.3, -0.25) is 19.7 Å². The lowest BCUT2D eigenvalue weighted by molar-refractivity contribution is -0.387. The molecule has 1 fully saturated rings. The molecule has 11 heteroatoms. The summed E-state index contributed by atoms with van der Waals surface area (Å²) in [4.78, 5) is 48.4. The van der Waals surface area contributed by atoms with Gasteiger partial charge in [-0.15, -0.1) is 0 Å². The number of nitro groups is 1. The minimum atomic E-state index is -1.02. The Balaban J connectivity index is 1.79. The highest BCUT2D eigenvalue weighted by atomic mass is 19.1. The summed E-state index contributed by atoms with van der Waals surface area (Å²) in [7, 11) is 2.62. The zero-order valence-electron chi connectivity index (χ0n) is 16.6. The number of halogens is 1. The lowest BCUT2D eigenvalue weighted by Gasteiger charge is -2.17. The molecule has 3 rings (SSSR count). The number of amides is 2. The van der Waals surface area contributed by atoms with Gasteiger partial charge in [0.15, 0.2) is 0 Å². The average Bonchev–Trinajstić information content (AvgIpc) is 3.15. The van der Waals surface area contributed by atoms with E-state index in [0.717, 1.165) is 12.1 Å². The van der Waals surface area contributed by atoms with Gasteiger partial charge in [-0.2, -0.15) is 4.39 Å². The van der Waals surface area contributed by atoms with E-state index in [1.807, 2.05) is 0 Å². The lowest BCUT2D eigenvalue weighted by atomic mass is 10.1. The number of rotatable bonds is 6. The van der Waals surface area contributed by atoms with Crippen molar-refractivity contribution in [3.63, 3.8) is 0 Å². The van der Waals surface area contributed by atoms with Crippen LogP contribution >= 0.6 is 0 Å². The van der Waals surface area contributed by atoms with Gasteiger partial charge in [0.05, 0.1) is 42.0 Å². The second kappa shape index (κ2) is 8.78. The number of carbonyl (C=O) groups excluding carboxylic acids is 3. The molecule has 0 radical (unpaired) electrons. The normalized spacial score (nSPS) is 15.5. The Morgan fingerprint density at radius 1 is 1.23 bits per heavy atom. The number of hydrogen-bond acceptors (Lipinski definition) is 7. The maximum absolute atomic E-state index is 13.6. The summed E-state index contributed by atoms with van der Waals surface area (Å²) in [6.45, 7) is -0.0584. The third kappa shape index (κ3) is 4.44. The summed E-state index contributed by atoms with van der Waals surface area (Å²) in [5.41, 5.74) is -0.390. The summed E-state index contributed by atoms with van der Waals surface area (Å²) in [5.74, 6) is -3.07. The van der Waals surface area contributed by atoms with Gasteiger partial charge in [-0.1, -0.05) is 0 Å². The number of nitrogens with one attached hydrogen (secondary N) is 1. The van der Waals surface area contributed by atoms with Crippen LogP contribution in [-0.4, -0.2) is 43.5 Å². The molecule has 1 unspecified atom stereocenters. The van der Waals surface area contributed by atoms with Gasteiger partial charge in [-0.25, -0.2) is 4.79 Å². The van der Waals surface area contributed by atoms with Crippen LogP contribution < -0.4 is 15.0 Å². The highest BCUT2D eigenvalue weighted by Gasteiger charge is 2.36. The Morgan fingerprint density at radius 3 is 2.61 bits per heavy atom. The van der Waals surface area contributed by atoms with E-state index in [0.29, 0.717) is 5.75 Å².